The second-order valence-corrected chi connectivity index (χ2v) is 5.35. The molecule has 0 bridgehead atoms. The molecule has 0 spiro atoms. The van der Waals surface area contributed by atoms with Crippen LogP contribution < -0.4 is 0 Å². The Bertz CT molecular complexity index is 453. The van der Waals surface area contributed by atoms with Crippen molar-refractivity contribution in [3.8, 4) is 0 Å². The fourth-order valence-electron chi connectivity index (χ4n) is 2.66. The molecule has 2 aliphatic rings. The van der Waals surface area contributed by atoms with E-state index in [2.05, 4.69) is 0 Å². The van der Waals surface area contributed by atoms with Crippen molar-refractivity contribution in [1.29, 1.82) is 0 Å². The van der Waals surface area contributed by atoms with Crippen molar-refractivity contribution >= 4 is 5.97 Å². The average molecular weight is 232 g/mol. The van der Waals surface area contributed by atoms with Crippen LogP contribution in [0, 0.1) is 0 Å². The Balaban J connectivity index is 1.91. The summed E-state index contributed by atoms with van der Waals surface area (Å²) in [5, 5.41) is 19.3. The molecule has 0 unspecified atom stereocenters. The Kier molecular flexibility index (Phi) is 2.11. The zero-order valence-electron chi connectivity index (χ0n) is 9.65. The Morgan fingerprint density at radius 3 is 1.88 bits per heavy atom. The molecular weight excluding hydrogens is 216 g/mol. The van der Waals surface area contributed by atoms with Gasteiger partial charge in [0.05, 0.1) is 11.0 Å². The summed E-state index contributed by atoms with van der Waals surface area (Å²) in [5.74, 6) is -0.721. The smallest absolute Gasteiger partial charge is 0.314 e. The van der Waals surface area contributed by atoms with Gasteiger partial charge in [0, 0.05) is 0 Å². The van der Waals surface area contributed by atoms with E-state index in [9.17, 15) is 15.0 Å². The van der Waals surface area contributed by atoms with E-state index in [4.69, 9.17) is 0 Å². The molecule has 90 valence electrons. The molecule has 1 aromatic carbocycles. The van der Waals surface area contributed by atoms with Crippen molar-refractivity contribution in [2.75, 3.05) is 0 Å². The van der Waals surface area contributed by atoms with Crippen LogP contribution in [-0.2, 0) is 15.8 Å². The van der Waals surface area contributed by atoms with Gasteiger partial charge in [-0.2, -0.15) is 0 Å². The first-order valence-corrected chi connectivity index (χ1v) is 6.14. The second kappa shape index (κ2) is 3.33. The molecule has 0 radical (unpaired) electrons. The minimum absolute atomic E-state index is 0.630. The zero-order chi connectivity index (χ0) is 12.1. The summed E-state index contributed by atoms with van der Waals surface area (Å²) in [6.07, 6.45) is 4.07. The minimum atomic E-state index is -0.721. The molecule has 0 heterocycles. The SMILES string of the molecule is O=C(O)C1(c2ccc(C3(O)CC3)cc2)CCC1. The fourth-order valence-corrected chi connectivity index (χ4v) is 2.66. The number of carboxylic acids is 1. The third kappa shape index (κ3) is 1.49. The highest BCUT2D eigenvalue weighted by Crippen LogP contribution is 2.47. The summed E-state index contributed by atoms with van der Waals surface area (Å²) in [5.41, 5.74) is 0.504. The van der Waals surface area contributed by atoms with Gasteiger partial charge in [0.25, 0.3) is 0 Å². The van der Waals surface area contributed by atoms with Crippen molar-refractivity contribution in [2.24, 2.45) is 0 Å². The van der Waals surface area contributed by atoms with Crippen LogP contribution in [-0.4, -0.2) is 16.2 Å². The van der Waals surface area contributed by atoms with Crippen LogP contribution in [0.1, 0.15) is 43.2 Å². The summed E-state index contributed by atoms with van der Waals surface area (Å²) < 4.78 is 0. The molecule has 2 saturated carbocycles. The number of benzene rings is 1. The fraction of sp³-hybridized carbons (Fsp3) is 0.500. The Morgan fingerprint density at radius 2 is 1.53 bits per heavy atom. The Labute approximate surface area is 100 Å². The van der Waals surface area contributed by atoms with Crippen LogP contribution in [0.2, 0.25) is 0 Å². The highest BCUT2D eigenvalue weighted by molar-refractivity contribution is 5.82. The van der Waals surface area contributed by atoms with Crippen molar-refractivity contribution in [3.63, 3.8) is 0 Å². The number of aliphatic carboxylic acids is 1. The van der Waals surface area contributed by atoms with E-state index in [0.29, 0.717) is 0 Å². The Morgan fingerprint density at radius 1 is 1.00 bits per heavy atom. The molecule has 3 rings (SSSR count). The van der Waals surface area contributed by atoms with Crippen molar-refractivity contribution in [3.05, 3.63) is 35.4 Å². The molecule has 0 aromatic heterocycles. The molecule has 17 heavy (non-hydrogen) atoms. The predicted octanol–water partition coefficient (Wildman–Crippen LogP) is 2.17. The molecule has 3 nitrogen and oxygen atoms in total. The standard InChI is InChI=1S/C14H16O3/c15-12(16)13(6-1-7-13)10-2-4-11(5-3-10)14(17)8-9-14/h2-5,17H,1,6-9H2,(H,15,16). The van der Waals surface area contributed by atoms with Gasteiger partial charge in [0.2, 0.25) is 0 Å². The normalized spacial score (nSPS) is 23.8. The first-order valence-electron chi connectivity index (χ1n) is 6.14. The molecule has 2 N–H and O–H groups in total. The highest BCUT2D eigenvalue weighted by atomic mass is 16.4. The van der Waals surface area contributed by atoms with Crippen LogP contribution >= 0.6 is 0 Å². The van der Waals surface area contributed by atoms with Crippen LogP contribution in [0.4, 0.5) is 0 Å². The maximum atomic E-state index is 11.3. The summed E-state index contributed by atoms with van der Waals surface area (Å²) in [6.45, 7) is 0. The zero-order valence-corrected chi connectivity index (χ0v) is 9.65. The first-order chi connectivity index (χ1) is 8.07. The van der Waals surface area contributed by atoms with Gasteiger partial charge >= 0.3 is 5.97 Å². The monoisotopic (exact) mass is 232 g/mol. The van der Waals surface area contributed by atoms with Gasteiger partial charge < -0.3 is 10.2 Å². The largest absolute Gasteiger partial charge is 0.481 e. The third-order valence-corrected chi connectivity index (χ3v) is 4.31. The molecule has 0 atom stereocenters. The first kappa shape index (κ1) is 10.8. The summed E-state index contributed by atoms with van der Waals surface area (Å²) in [4.78, 5) is 11.3. The number of carbonyl (C=O) groups is 1. The van der Waals surface area contributed by atoms with E-state index in [1.165, 1.54) is 0 Å². The maximum Gasteiger partial charge on any atom is 0.314 e. The van der Waals surface area contributed by atoms with E-state index >= 15 is 0 Å². The quantitative estimate of drug-likeness (QED) is 0.839. The van der Waals surface area contributed by atoms with Crippen molar-refractivity contribution in [1.82, 2.24) is 0 Å². The van der Waals surface area contributed by atoms with Gasteiger partial charge in [-0.25, -0.2) is 0 Å². The maximum absolute atomic E-state index is 11.3. The van der Waals surface area contributed by atoms with E-state index < -0.39 is 17.0 Å². The lowest BCUT2D eigenvalue weighted by Gasteiger charge is -2.38. The lowest BCUT2D eigenvalue weighted by atomic mass is 9.64. The van der Waals surface area contributed by atoms with E-state index in [-0.39, 0.29) is 0 Å². The van der Waals surface area contributed by atoms with Gasteiger partial charge in [-0.1, -0.05) is 30.7 Å². The highest BCUT2D eigenvalue weighted by Gasteiger charge is 2.46. The van der Waals surface area contributed by atoms with Gasteiger partial charge in [-0.05, 0) is 36.8 Å². The molecule has 3 heteroatoms. The number of aliphatic hydroxyl groups is 1. The Hall–Kier alpha value is -1.35. The molecular formula is C14H16O3. The van der Waals surface area contributed by atoms with E-state index in [1.54, 1.807) is 0 Å². The van der Waals surface area contributed by atoms with Crippen molar-refractivity contribution < 1.29 is 15.0 Å². The lowest BCUT2D eigenvalue weighted by Crippen LogP contribution is -2.42. The van der Waals surface area contributed by atoms with Gasteiger partial charge in [0.1, 0.15) is 0 Å². The minimum Gasteiger partial charge on any atom is -0.481 e. The van der Waals surface area contributed by atoms with Crippen LogP contribution in [0.25, 0.3) is 0 Å². The van der Waals surface area contributed by atoms with Gasteiger partial charge in [-0.15, -0.1) is 0 Å². The number of hydrogen-bond donors (Lipinski definition) is 2. The summed E-state index contributed by atoms with van der Waals surface area (Å²) in [7, 11) is 0. The van der Waals surface area contributed by atoms with Crippen LogP contribution in [0.15, 0.2) is 24.3 Å². The number of hydrogen-bond acceptors (Lipinski definition) is 2. The summed E-state index contributed by atoms with van der Waals surface area (Å²) in [6, 6.07) is 7.51. The predicted molar refractivity (Wildman–Crippen MR) is 62.7 cm³/mol. The van der Waals surface area contributed by atoms with Crippen LogP contribution in [0.3, 0.4) is 0 Å². The molecule has 0 saturated heterocycles. The number of rotatable bonds is 3. The average Bonchev–Trinajstić information content (AvgIpc) is 2.96. The van der Waals surface area contributed by atoms with Crippen molar-refractivity contribution in [2.45, 2.75) is 43.1 Å². The molecule has 0 aliphatic heterocycles. The van der Waals surface area contributed by atoms with E-state index in [1.807, 2.05) is 24.3 Å². The topological polar surface area (TPSA) is 57.5 Å². The van der Waals surface area contributed by atoms with Gasteiger partial charge in [0.15, 0.2) is 0 Å². The van der Waals surface area contributed by atoms with Gasteiger partial charge in [-0.3, -0.25) is 4.79 Å². The van der Waals surface area contributed by atoms with E-state index in [0.717, 1.165) is 43.2 Å². The lowest BCUT2D eigenvalue weighted by molar-refractivity contribution is -0.147. The summed E-state index contributed by atoms with van der Waals surface area (Å²) >= 11 is 0. The molecule has 2 fully saturated rings. The third-order valence-electron chi connectivity index (χ3n) is 4.31. The van der Waals surface area contributed by atoms with Crippen LogP contribution in [0.5, 0.6) is 0 Å². The molecule has 1 aromatic rings. The second-order valence-electron chi connectivity index (χ2n) is 5.35. The number of carboxylic acid groups (broad SMARTS) is 1. The molecule has 2 aliphatic carbocycles. The molecule has 0 amide bonds.